The Kier molecular flexibility index (Phi) is 5.60. The molecule has 2 N–H and O–H groups in total. The second-order valence-electron chi connectivity index (χ2n) is 5.30. The molecular formula is C18H16ClN5O2. The number of hydrogen-bond acceptors (Lipinski definition) is 6. The van der Waals surface area contributed by atoms with Crippen LogP contribution in [0.5, 0.6) is 5.75 Å². The molecule has 0 aliphatic rings. The van der Waals surface area contributed by atoms with Crippen molar-refractivity contribution in [3.63, 3.8) is 0 Å². The number of ether oxygens (including phenoxy) is 1. The van der Waals surface area contributed by atoms with Crippen molar-refractivity contribution in [1.29, 1.82) is 0 Å². The molecule has 0 saturated heterocycles. The normalized spacial score (nSPS) is 10.2. The Labute approximate surface area is 155 Å². The minimum atomic E-state index is -0.256. The lowest BCUT2D eigenvalue weighted by Crippen LogP contribution is -2.23. The van der Waals surface area contributed by atoms with Crippen molar-refractivity contribution >= 4 is 29.1 Å². The third-order valence-electron chi connectivity index (χ3n) is 3.52. The SMILES string of the molecule is COc1ccc(Cl)cc1Nc1ncc(C(=O)NCc2ccncc2)cn1. The van der Waals surface area contributed by atoms with E-state index in [9.17, 15) is 4.79 Å². The standard InChI is InChI=1S/C18H16ClN5O2/c1-26-16-3-2-14(19)8-15(16)24-18-22-10-13(11-23-18)17(25)21-9-12-4-6-20-7-5-12/h2-8,10-11H,9H2,1H3,(H,21,25)(H,22,23,24). The molecule has 7 nitrogen and oxygen atoms in total. The Balaban J connectivity index is 1.65. The van der Waals surface area contributed by atoms with Crippen LogP contribution in [0.1, 0.15) is 15.9 Å². The van der Waals surface area contributed by atoms with Crippen LogP contribution >= 0.6 is 11.6 Å². The number of methoxy groups -OCH3 is 1. The van der Waals surface area contributed by atoms with Crippen molar-refractivity contribution in [1.82, 2.24) is 20.3 Å². The molecule has 0 aliphatic carbocycles. The van der Waals surface area contributed by atoms with Crippen molar-refractivity contribution in [3.05, 3.63) is 71.3 Å². The molecular weight excluding hydrogens is 354 g/mol. The van der Waals surface area contributed by atoms with Gasteiger partial charge in [0.2, 0.25) is 5.95 Å². The summed E-state index contributed by atoms with van der Waals surface area (Å²) >= 11 is 6.00. The summed E-state index contributed by atoms with van der Waals surface area (Å²) in [7, 11) is 1.56. The Morgan fingerprint density at radius 3 is 2.58 bits per heavy atom. The minimum Gasteiger partial charge on any atom is -0.495 e. The zero-order chi connectivity index (χ0) is 18.4. The Bertz CT molecular complexity index is 888. The molecule has 0 spiro atoms. The third kappa shape index (κ3) is 4.46. The fraction of sp³-hybridized carbons (Fsp3) is 0.111. The molecule has 1 amide bonds. The van der Waals surface area contributed by atoms with Crippen LogP contribution in [0.25, 0.3) is 0 Å². The van der Waals surface area contributed by atoms with Gasteiger partial charge in [0.1, 0.15) is 5.75 Å². The number of hydrogen-bond donors (Lipinski definition) is 2. The molecule has 0 bridgehead atoms. The van der Waals surface area contributed by atoms with E-state index in [0.29, 0.717) is 34.5 Å². The highest BCUT2D eigenvalue weighted by Gasteiger charge is 2.09. The molecule has 0 saturated carbocycles. The molecule has 0 unspecified atom stereocenters. The summed E-state index contributed by atoms with van der Waals surface area (Å²) in [4.78, 5) is 24.4. The van der Waals surface area contributed by atoms with E-state index in [2.05, 4.69) is 25.6 Å². The van der Waals surface area contributed by atoms with Crippen LogP contribution in [0.4, 0.5) is 11.6 Å². The first-order valence-electron chi connectivity index (χ1n) is 7.75. The molecule has 26 heavy (non-hydrogen) atoms. The van der Waals surface area contributed by atoms with Gasteiger partial charge in [-0.25, -0.2) is 9.97 Å². The van der Waals surface area contributed by atoms with Crippen LogP contribution in [-0.2, 0) is 6.54 Å². The van der Waals surface area contributed by atoms with Gasteiger partial charge in [-0.15, -0.1) is 0 Å². The molecule has 0 radical (unpaired) electrons. The maximum absolute atomic E-state index is 12.2. The van der Waals surface area contributed by atoms with E-state index in [4.69, 9.17) is 16.3 Å². The molecule has 0 fully saturated rings. The molecule has 8 heteroatoms. The van der Waals surface area contributed by atoms with Gasteiger partial charge in [0.05, 0.1) is 18.4 Å². The number of anilines is 2. The van der Waals surface area contributed by atoms with Gasteiger partial charge in [-0.3, -0.25) is 9.78 Å². The Morgan fingerprint density at radius 1 is 1.15 bits per heavy atom. The highest BCUT2D eigenvalue weighted by Crippen LogP contribution is 2.29. The van der Waals surface area contributed by atoms with E-state index < -0.39 is 0 Å². The highest BCUT2D eigenvalue weighted by atomic mass is 35.5. The number of rotatable bonds is 6. The molecule has 0 aliphatic heterocycles. The van der Waals surface area contributed by atoms with Crippen LogP contribution < -0.4 is 15.4 Å². The summed E-state index contributed by atoms with van der Waals surface area (Å²) in [5.41, 5.74) is 1.96. The summed E-state index contributed by atoms with van der Waals surface area (Å²) < 4.78 is 5.26. The number of halogens is 1. The maximum Gasteiger partial charge on any atom is 0.254 e. The maximum atomic E-state index is 12.2. The second-order valence-corrected chi connectivity index (χ2v) is 5.74. The Hall–Kier alpha value is -3.19. The summed E-state index contributed by atoms with van der Waals surface area (Å²) in [5.74, 6) is 0.683. The quantitative estimate of drug-likeness (QED) is 0.693. The summed E-state index contributed by atoms with van der Waals surface area (Å²) in [6.07, 6.45) is 6.26. The summed E-state index contributed by atoms with van der Waals surface area (Å²) in [6.45, 7) is 0.404. The lowest BCUT2D eigenvalue weighted by Gasteiger charge is -2.10. The van der Waals surface area contributed by atoms with E-state index in [1.54, 1.807) is 37.7 Å². The third-order valence-corrected chi connectivity index (χ3v) is 3.76. The Morgan fingerprint density at radius 2 is 1.88 bits per heavy atom. The van der Waals surface area contributed by atoms with Crippen molar-refractivity contribution < 1.29 is 9.53 Å². The monoisotopic (exact) mass is 369 g/mol. The molecule has 132 valence electrons. The number of benzene rings is 1. The van der Waals surface area contributed by atoms with E-state index in [0.717, 1.165) is 5.56 Å². The zero-order valence-electron chi connectivity index (χ0n) is 13.9. The largest absolute Gasteiger partial charge is 0.495 e. The first kappa shape index (κ1) is 17.6. The average Bonchev–Trinajstić information content (AvgIpc) is 2.68. The lowest BCUT2D eigenvalue weighted by molar-refractivity contribution is 0.0950. The number of nitrogens with one attached hydrogen (secondary N) is 2. The number of carbonyl (C=O) groups excluding carboxylic acids is 1. The smallest absolute Gasteiger partial charge is 0.254 e. The van der Waals surface area contributed by atoms with Crippen LogP contribution in [0.15, 0.2) is 55.1 Å². The number of nitrogens with zero attached hydrogens (tertiary/aromatic N) is 3. The first-order valence-corrected chi connectivity index (χ1v) is 8.13. The lowest BCUT2D eigenvalue weighted by atomic mass is 10.2. The molecule has 1 aromatic carbocycles. The fourth-order valence-electron chi connectivity index (χ4n) is 2.19. The van der Waals surface area contributed by atoms with Crippen LogP contribution in [-0.4, -0.2) is 28.0 Å². The topological polar surface area (TPSA) is 89.0 Å². The van der Waals surface area contributed by atoms with Gasteiger partial charge in [0, 0.05) is 36.4 Å². The average molecular weight is 370 g/mol. The predicted molar refractivity (Wildman–Crippen MR) is 98.7 cm³/mol. The van der Waals surface area contributed by atoms with Crippen molar-refractivity contribution in [2.75, 3.05) is 12.4 Å². The molecule has 3 aromatic rings. The number of amides is 1. The van der Waals surface area contributed by atoms with E-state index in [1.807, 2.05) is 12.1 Å². The van der Waals surface area contributed by atoms with Gasteiger partial charge in [0.15, 0.2) is 0 Å². The van der Waals surface area contributed by atoms with Gasteiger partial charge in [0.25, 0.3) is 5.91 Å². The molecule has 2 aromatic heterocycles. The second kappa shape index (κ2) is 8.26. The predicted octanol–water partition coefficient (Wildman–Crippen LogP) is 3.21. The van der Waals surface area contributed by atoms with Crippen LogP contribution in [0.2, 0.25) is 5.02 Å². The minimum absolute atomic E-state index is 0.256. The molecule has 3 rings (SSSR count). The molecule has 0 atom stereocenters. The summed E-state index contributed by atoms with van der Waals surface area (Å²) in [5, 5.41) is 6.38. The van der Waals surface area contributed by atoms with Crippen LogP contribution in [0.3, 0.4) is 0 Å². The van der Waals surface area contributed by atoms with Gasteiger partial charge in [-0.05, 0) is 35.9 Å². The van der Waals surface area contributed by atoms with E-state index in [-0.39, 0.29) is 5.91 Å². The zero-order valence-corrected chi connectivity index (χ0v) is 14.7. The summed E-state index contributed by atoms with van der Waals surface area (Å²) in [6, 6.07) is 8.84. The van der Waals surface area contributed by atoms with Gasteiger partial charge in [-0.1, -0.05) is 11.6 Å². The van der Waals surface area contributed by atoms with E-state index in [1.165, 1.54) is 12.4 Å². The van der Waals surface area contributed by atoms with Gasteiger partial charge >= 0.3 is 0 Å². The van der Waals surface area contributed by atoms with Crippen molar-refractivity contribution in [3.8, 4) is 5.75 Å². The van der Waals surface area contributed by atoms with Gasteiger partial charge in [-0.2, -0.15) is 0 Å². The first-order chi connectivity index (χ1) is 12.7. The fourth-order valence-corrected chi connectivity index (χ4v) is 2.37. The van der Waals surface area contributed by atoms with E-state index >= 15 is 0 Å². The van der Waals surface area contributed by atoms with Crippen molar-refractivity contribution in [2.24, 2.45) is 0 Å². The van der Waals surface area contributed by atoms with Crippen LogP contribution in [0, 0.1) is 0 Å². The molecule has 2 heterocycles. The number of aromatic nitrogens is 3. The van der Waals surface area contributed by atoms with Gasteiger partial charge < -0.3 is 15.4 Å². The number of pyridine rings is 1. The van der Waals surface area contributed by atoms with Crippen molar-refractivity contribution in [2.45, 2.75) is 6.54 Å². The number of carbonyl (C=O) groups is 1. The highest BCUT2D eigenvalue weighted by molar-refractivity contribution is 6.31.